The number of unbranched alkanes of at least 4 members (excludes halogenated alkanes) is 10. The van der Waals surface area contributed by atoms with Gasteiger partial charge in [-0.2, -0.15) is 0 Å². The van der Waals surface area contributed by atoms with Gasteiger partial charge in [0.2, 0.25) is 0 Å². The quantitative estimate of drug-likeness (QED) is 0.0696. The Labute approximate surface area is 297 Å². The van der Waals surface area contributed by atoms with Gasteiger partial charge in [0.15, 0.2) is 0 Å². The summed E-state index contributed by atoms with van der Waals surface area (Å²) in [6.07, 6.45) is 22.4. The number of hydrogen-bond donors (Lipinski definition) is 0. The van der Waals surface area contributed by atoms with Gasteiger partial charge >= 0.3 is 0 Å². The molecular weight excluding hydrogens is 589 g/mol. The zero-order chi connectivity index (χ0) is 34.4. The van der Waals surface area contributed by atoms with Crippen molar-refractivity contribution >= 4 is 33.7 Å². The molecular formula is C49H58. The molecule has 1 aliphatic rings. The van der Waals surface area contributed by atoms with E-state index in [4.69, 9.17) is 0 Å². The minimum atomic E-state index is 0.0563. The Morgan fingerprint density at radius 2 is 1.06 bits per heavy atom. The predicted molar refractivity (Wildman–Crippen MR) is 219 cm³/mol. The normalized spacial score (nSPS) is 13.1. The first kappa shape index (κ1) is 34.9. The molecule has 5 aromatic carbocycles. The molecule has 49 heavy (non-hydrogen) atoms. The van der Waals surface area contributed by atoms with Crippen LogP contribution in [0.3, 0.4) is 0 Å². The summed E-state index contributed by atoms with van der Waals surface area (Å²) < 4.78 is 0. The van der Waals surface area contributed by atoms with E-state index in [9.17, 15) is 0 Å². The molecule has 0 saturated carbocycles. The fourth-order valence-corrected chi connectivity index (χ4v) is 8.98. The summed E-state index contributed by atoms with van der Waals surface area (Å²) in [6, 6.07) is 28.5. The Balaban J connectivity index is 1.54. The molecule has 0 spiro atoms. The molecule has 0 nitrogen and oxygen atoms in total. The summed E-state index contributed by atoms with van der Waals surface area (Å²) in [6.45, 7) is 17.5. The summed E-state index contributed by atoms with van der Waals surface area (Å²) in [5.74, 6) is 0. The Morgan fingerprint density at radius 3 is 1.67 bits per heavy atom. The van der Waals surface area contributed by atoms with Crippen molar-refractivity contribution in [1.29, 1.82) is 0 Å². The number of benzene rings is 5. The lowest BCUT2D eigenvalue weighted by molar-refractivity contribution is 0.398. The smallest absolute Gasteiger partial charge is 0.0215 e. The second kappa shape index (κ2) is 15.8. The van der Waals surface area contributed by atoms with Crippen LogP contribution in [0.1, 0.15) is 137 Å². The van der Waals surface area contributed by atoms with E-state index in [0.717, 1.165) is 11.1 Å². The summed E-state index contributed by atoms with van der Waals surface area (Å²) in [7, 11) is 0. The van der Waals surface area contributed by atoms with E-state index in [1.54, 1.807) is 11.1 Å². The molecule has 0 N–H and O–H groups in total. The molecule has 0 amide bonds. The highest BCUT2D eigenvalue weighted by atomic mass is 14.5. The predicted octanol–water partition coefficient (Wildman–Crippen LogP) is 15.3. The maximum Gasteiger partial charge on any atom is 0.0215 e. The van der Waals surface area contributed by atoms with Gasteiger partial charge < -0.3 is 0 Å². The van der Waals surface area contributed by atoms with Gasteiger partial charge in [-0.15, -0.1) is 0 Å². The first-order chi connectivity index (χ1) is 24.0. The average Bonchev–Trinajstić information content (AvgIpc) is 3.38. The van der Waals surface area contributed by atoms with Crippen LogP contribution in [0.4, 0.5) is 0 Å². The largest absolute Gasteiger partial charge is 0.0984 e. The fraction of sp³-hybridized carbons (Fsp3) is 0.388. The molecule has 6 rings (SSSR count). The fourth-order valence-electron chi connectivity index (χ4n) is 8.98. The van der Waals surface area contributed by atoms with Gasteiger partial charge in [-0.05, 0) is 117 Å². The van der Waals surface area contributed by atoms with Gasteiger partial charge in [-0.3, -0.25) is 0 Å². The average molecular weight is 647 g/mol. The van der Waals surface area contributed by atoms with E-state index >= 15 is 0 Å². The molecule has 0 atom stereocenters. The van der Waals surface area contributed by atoms with Crippen LogP contribution < -0.4 is 0 Å². The lowest BCUT2D eigenvalue weighted by Gasteiger charge is -2.33. The molecule has 0 heterocycles. The monoisotopic (exact) mass is 646 g/mol. The molecule has 254 valence electrons. The lowest BCUT2D eigenvalue weighted by Crippen LogP contribution is -2.25. The number of hydrogen-bond acceptors (Lipinski definition) is 0. The van der Waals surface area contributed by atoms with Gasteiger partial charge in [-0.25, -0.2) is 0 Å². The second-order valence-corrected chi connectivity index (χ2v) is 14.9. The van der Waals surface area contributed by atoms with Crippen molar-refractivity contribution in [3.8, 4) is 22.3 Å². The lowest BCUT2D eigenvalue weighted by atomic mass is 9.70. The van der Waals surface area contributed by atoms with Crippen molar-refractivity contribution in [1.82, 2.24) is 0 Å². The maximum atomic E-state index is 4.19. The van der Waals surface area contributed by atoms with Crippen LogP contribution in [-0.2, 0) is 5.41 Å². The van der Waals surface area contributed by atoms with Crippen LogP contribution >= 0.6 is 0 Å². The van der Waals surface area contributed by atoms with Crippen LogP contribution in [0.25, 0.3) is 56.0 Å². The van der Waals surface area contributed by atoms with Crippen LogP contribution in [0.5, 0.6) is 0 Å². The van der Waals surface area contributed by atoms with E-state index in [1.807, 2.05) is 12.2 Å². The first-order valence-electron chi connectivity index (χ1n) is 19.5. The van der Waals surface area contributed by atoms with Crippen molar-refractivity contribution in [3.05, 3.63) is 119 Å². The molecule has 5 aromatic rings. The summed E-state index contributed by atoms with van der Waals surface area (Å²) in [4.78, 5) is 0. The number of aryl methyl sites for hydroxylation is 2. The van der Waals surface area contributed by atoms with E-state index in [0.29, 0.717) is 0 Å². The Bertz CT molecular complexity index is 1930. The summed E-state index contributed by atoms with van der Waals surface area (Å²) in [5.41, 5.74) is 13.8. The topological polar surface area (TPSA) is 0 Å². The van der Waals surface area contributed by atoms with Crippen molar-refractivity contribution in [2.24, 2.45) is 0 Å². The van der Waals surface area contributed by atoms with Crippen molar-refractivity contribution in [2.45, 2.75) is 123 Å². The van der Waals surface area contributed by atoms with Gasteiger partial charge in [0.1, 0.15) is 0 Å². The molecule has 0 radical (unpaired) electrons. The van der Waals surface area contributed by atoms with Crippen LogP contribution in [0, 0.1) is 13.8 Å². The molecule has 0 heteroatoms. The Hall–Kier alpha value is -3.90. The van der Waals surface area contributed by atoms with Gasteiger partial charge in [0.25, 0.3) is 0 Å². The van der Waals surface area contributed by atoms with Gasteiger partial charge in [0, 0.05) is 5.41 Å². The minimum absolute atomic E-state index is 0.0563. The third-order valence-corrected chi connectivity index (χ3v) is 11.7. The molecule has 0 fully saturated rings. The van der Waals surface area contributed by atoms with Crippen LogP contribution in [-0.4, -0.2) is 0 Å². The molecule has 0 unspecified atom stereocenters. The molecule has 0 aliphatic heterocycles. The molecule has 0 saturated heterocycles. The molecule has 0 bridgehead atoms. The molecule has 0 aromatic heterocycles. The van der Waals surface area contributed by atoms with Gasteiger partial charge in [-0.1, -0.05) is 176 Å². The van der Waals surface area contributed by atoms with Crippen molar-refractivity contribution < 1.29 is 0 Å². The van der Waals surface area contributed by atoms with E-state index in [2.05, 4.69) is 114 Å². The zero-order valence-electron chi connectivity index (χ0n) is 30.9. The zero-order valence-corrected chi connectivity index (χ0v) is 30.9. The van der Waals surface area contributed by atoms with Crippen LogP contribution in [0.2, 0.25) is 0 Å². The summed E-state index contributed by atoms with van der Waals surface area (Å²) >= 11 is 0. The third kappa shape index (κ3) is 6.81. The van der Waals surface area contributed by atoms with E-state index in [-0.39, 0.29) is 5.41 Å². The Kier molecular flexibility index (Phi) is 11.2. The molecule has 1 aliphatic carbocycles. The minimum Gasteiger partial charge on any atom is -0.0984 e. The highest BCUT2D eigenvalue weighted by Crippen LogP contribution is 2.56. The maximum absolute atomic E-state index is 4.19. The van der Waals surface area contributed by atoms with Gasteiger partial charge in [0.05, 0.1) is 0 Å². The second-order valence-electron chi connectivity index (χ2n) is 14.9. The van der Waals surface area contributed by atoms with E-state index in [1.165, 1.54) is 145 Å². The third-order valence-electron chi connectivity index (χ3n) is 11.7. The number of rotatable bonds is 17. The van der Waals surface area contributed by atoms with Crippen LogP contribution in [0.15, 0.2) is 86.0 Å². The Morgan fingerprint density at radius 1 is 0.531 bits per heavy atom. The highest BCUT2D eigenvalue weighted by molar-refractivity contribution is 6.16. The first-order valence-corrected chi connectivity index (χ1v) is 19.5. The van der Waals surface area contributed by atoms with Crippen molar-refractivity contribution in [2.75, 3.05) is 0 Å². The standard InChI is InChI=1S/C49H58/c1-7-11-13-15-17-21-29-49(30-22-18-16-14-12-8-2)46-31-35(5)25-27-41(46)42-28-26-39(34-47(42)49)48-43-24-20-19-23-40(43)36(6)44-32-37(9-3)38(10-4)33-45(44)48/h9-10,19-20,23-28,31-34H,3-4,7-8,11-18,21-22,29-30H2,1-2,5-6H3. The summed E-state index contributed by atoms with van der Waals surface area (Å²) in [5, 5.41) is 5.27. The SMILES string of the molecule is C=Cc1cc2c(C)c3ccccc3c(-c3ccc4c(c3)C(CCCCCCCC)(CCCCCCCC)c3cc(C)ccc3-4)c2cc1C=C. The number of fused-ring (bicyclic) bond motifs is 5. The van der Waals surface area contributed by atoms with Crippen molar-refractivity contribution in [3.63, 3.8) is 0 Å². The van der Waals surface area contributed by atoms with E-state index < -0.39 is 0 Å². The highest BCUT2D eigenvalue weighted by Gasteiger charge is 2.42.